The zero-order valence-electron chi connectivity index (χ0n) is 15.1. The predicted octanol–water partition coefficient (Wildman–Crippen LogP) is 3.24. The van der Waals surface area contributed by atoms with E-state index in [1.165, 1.54) is 0 Å². The fourth-order valence-electron chi connectivity index (χ4n) is 3.32. The Morgan fingerprint density at radius 3 is 2.19 bits per heavy atom. The summed E-state index contributed by atoms with van der Waals surface area (Å²) in [7, 11) is 1.10. The lowest BCUT2D eigenvalue weighted by atomic mass is 10.0. The van der Waals surface area contributed by atoms with Crippen molar-refractivity contribution in [3.8, 4) is 17.2 Å². The van der Waals surface area contributed by atoms with Crippen molar-refractivity contribution in [3.63, 3.8) is 0 Å². The summed E-state index contributed by atoms with van der Waals surface area (Å²) < 4.78 is 43.8. The maximum Gasteiger partial charge on any atom is 0.243 e. The third-order valence-corrected chi connectivity index (χ3v) is 6.59. The summed E-state index contributed by atoms with van der Waals surface area (Å²) in [5, 5.41) is 0. The molecule has 1 saturated heterocycles. The third-order valence-electron chi connectivity index (χ3n) is 4.67. The smallest absolute Gasteiger partial charge is 0.243 e. The Morgan fingerprint density at radius 1 is 0.923 bits per heavy atom. The lowest BCUT2D eigenvalue weighted by Gasteiger charge is -2.26. The van der Waals surface area contributed by atoms with Gasteiger partial charge >= 0.3 is 0 Å². The van der Waals surface area contributed by atoms with Gasteiger partial charge in [0, 0.05) is 12.1 Å². The van der Waals surface area contributed by atoms with Gasteiger partial charge in [0.05, 0.1) is 32.3 Å². The summed E-state index contributed by atoms with van der Waals surface area (Å²) in [4.78, 5) is 0.257. The summed E-state index contributed by atoms with van der Waals surface area (Å²) in [6, 6.07) is 11.6. The van der Waals surface area contributed by atoms with Crippen LogP contribution in [0.5, 0.6) is 17.2 Å². The first-order valence-corrected chi connectivity index (χ1v) is 9.83. The Bertz CT molecular complexity index is 864. The zero-order valence-corrected chi connectivity index (χ0v) is 16.0. The van der Waals surface area contributed by atoms with E-state index >= 15 is 0 Å². The fraction of sp³-hybridized carbons (Fsp3) is 0.368. The van der Waals surface area contributed by atoms with E-state index in [0.717, 1.165) is 18.4 Å². The molecule has 1 heterocycles. The fourth-order valence-corrected chi connectivity index (χ4v) is 5.00. The normalized spacial score (nSPS) is 17.9. The molecule has 0 unspecified atom stereocenters. The van der Waals surface area contributed by atoms with Gasteiger partial charge in [-0.05, 0) is 55.3 Å². The van der Waals surface area contributed by atoms with Gasteiger partial charge in [-0.15, -0.1) is 0 Å². The number of nitrogens with zero attached hydrogens (tertiary/aromatic N) is 1. The van der Waals surface area contributed by atoms with E-state index in [0.29, 0.717) is 23.8 Å². The molecule has 1 fully saturated rings. The minimum Gasteiger partial charge on any atom is -0.497 e. The Kier molecular flexibility index (Phi) is 5.38. The number of methoxy groups -OCH3 is 3. The first-order chi connectivity index (χ1) is 12.5. The minimum absolute atomic E-state index is 0.257. The summed E-state index contributed by atoms with van der Waals surface area (Å²) in [5.74, 6) is 1.96. The quantitative estimate of drug-likeness (QED) is 0.773. The van der Waals surface area contributed by atoms with E-state index in [9.17, 15) is 8.42 Å². The molecular weight excluding hydrogens is 354 g/mol. The number of benzene rings is 2. The van der Waals surface area contributed by atoms with Gasteiger partial charge < -0.3 is 14.2 Å². The lowest BCUT2D eigenvalue weighted by Crippen LogP contribution is -2.30. The van der Waals surface area contributed by atoms with Crippen LogP contribution in [0.1, 0.15) is 24.4 Å². The van der Waals surface area contributed by atoms with Crippen LogP contribution in [-0.2, 0) is 10.0 Å². The molecule has 1 aliphatic rings. The van der Waals surface area contributed by atoms with Crippen molar-refractivity contribution >= 4 is 10.0 Å². The lowest BCUT2D eigenvalue weighted by molar-refractivity contribution is 0.361. The average molecular weight is 377 g/mol. The molecule has 0 saturated carbocycles. The Labute approximate surface area is 154 Å². The van der Waals surface area contributed by atoms with Gasteiger partial charge in [0.1, 0.15) is 17.2 Å². The summed E-state index contributed by atoms with van der Waals surface area (Å²) in [6.07, 6.45) is 1.53. The van der Waals surface area contributed by atoms with Crippen molar-refractivity contribution in [3.05, 3.63) is 48.0 Å². The summed E-state index contributed by atoms with van der Waals surface area (Å²) in [5.41, 5.74) is 0.821. The highest BCUT2D eigenvalue weighted by Crippen LogP contribution is 2.41. The Hall–Kier alpha value is -2.25. The monoisotopic (exact) mass is 377 g/mol. The van der Waals surface area contributed by atoms with Gasteiger partial charge in [0.2, 0.25) is 10.0 Å². The highest BCUT2D eigenvalue weighted by Gasteiger charge is 2.37. The Balaban J connectivity index is 1.99. The number of ether oxygens (including phenoxy) is 3. The van der Waals surface area contributed by atoms with Crippen molar-refractivity contribution in [1.29, 1.82) is 0 Å². The maximum atomic E-state index is 13.2. The van der Waals surface area contributed by atoms with Crippen LogP contribution < -0.4 is 14.2 Å². The van der Waals surface area contributed by atoms with E-state index in [1.807, 2.05) is 12.1 Å². The second kappa shape index (κ2) is 7.55. The second-order valence-corrected chi connectivity index (χ2v) is 7.95. The molecule has 1 aliphatic heterocycles. The molecule has 2 aromatic carbocycles. The molecule has 0 spiro atoms. The number of rotatable bonds is 6. The molecule has 0 amide bonds. The van der Waals surface area contributed by atoms with Gasteiger partial charge in [-0.2, -0.15) is 4.31 Å². The predicted molar refractivity (Wildman–Crippen MR) is 98.4 cm³/mol. The van der Waals surface area contributed by atoms with Gasteiger partial charge in [0.25, 0.3) is 0 Å². The van der Waals surface area contributed by atoms with E-state index in [1.54, 1.807) is 56.0 Å². The first-order valence-electron chi connectivity index (χ1n) is 8.39. The molecule has 140 valence electrons. The number of hydrogen-bond acceptors (Lipinski definition) is 5. The van der Waals surface area contributed by atoms with Crippen LogP contribution in [0, 0.1) is 0 Å². The molecule has 0 aromatic heterocycles. The minimum atomic E-state index is -3.62. The molecule has 0 aliphatic carbocycles. The molecule has 3 rings (SSSR count). The molecule has 6 nitrogen and oxygen atoms in total. The number of hydrogen-bond donors (Lipinski definition) is 0. The highest BCUT2D eigenvalue weighted by atomic mass is 32.2. The highest BCUT2D eigenvalue weighted by molar-refractivity contribution is 7.89. The number of sulfonamides is 1. The van der Waals surface area contributed by atoms with Crippen LogP contribution in [0.4, 0.5) is 0 Å². The van der Waals surface area contributed by atoms with Crippen LogP contribution in [0.15, 0.2) is 47.4 Å². The molecule has 0 radical (unpaired) electrons. The standard InChI is InChI=1S/C19H23NO5S/c1-23-14-6-9-16(10-7-14)26(21,22)20-12-4-5-18(20)17-13-15(24-2)8-11-19(17)25-3/h6-11,13,18H,4-5,12H2,1-3H3/t18-/m1/s1. The van der Waals surface area contributed by atoms with Crippen LogP contribution in [0.25, 0.3) is 0 Å². The first kappa shape index (κ1) is 18.5. The van der Waals surface area contributed by atoms with Gasteiger partial charge in [-0.1, -0.05) is 0 Å². The van der Waals surface area contributed by atoms with E-state index in [4.69, 9.17) is 14.2 Å². The Morgan fingerprint density at radius 2 is 1.58 bits per heavy atom. The SMILES string of the molecule is COc1ccc(S(=O)(=O)N2CCC[C@@H]2c2cc(OC)ccc2OC)cc1. The van der Waals surface area contributed by atoms with Crippen molar-refractivity contribution in [2.75, 3.05) is 27.9 Å². The van der Waals surface area contributed by atoms with Gasteiger partial charge in [-0.25, -0.2) is 8.42 Å². The summed E-state index contributed by atoms with van der Waals surface area (Å²) in [6.45, 7) is 0.472. The zero-order chi connectivity index (χ0) is 18.7. The third kappa shape index (κ3) is 3.37. The van der Waals surface area contributed by atoms with Crippen molar-refractivity contribution in [2.45, 2.75) is 23.8 Å². The van der Waals surface area contributed by atoms with Crippen LogP contribution in [0.3, 0.4) is 0 Å². The van der Waals surface area contributed by atoms with E-state index in [2.05, 4.69) is 0 Å². The van der Waals surface area contributed by atoms with Crippen LogP contribution in [0.2, 0.25) is 0 Å². The largest absolute Gasteiger partial charge is 0.497 e. The van der Waals surface area contributed by atoms with Crippen LogP contribution >= 0.6 is 0 Å². The topological polar surface area (TPSA) is 65.1 Å². The molecule has 1 atom stereocenters. The molecule has 26 heavy (non-hydrogen) atoms. The van der Waals surface area contributed by atoms with Crippen molar-refractivity contribution < 1.29 is 22.6 Å². The molecular formula is C19H23NO5S. The van der Waals surface area contributed by atoms with Gasteiger partial charge in [-0.3, -0.25) is 0 Å². The van der Waals surface area contributed by atoms with E-state index in [-0.39, 0.29) is 10.9 Å². The maximum absolute atomic E-state index is 13.2. The average Bonchev–Trinajstić information content (AvgIpc) is 3.18. The molecule has 0 bridgehead atoms. The molecule has 0 N–H and O–H groups in total. The second-order valence-electron chi connectivity index (χ2n) is 6.06. The van der Waals surface area contributed by atoms with Gasteiger partial charge in [0.15, 0.2) is 0 Å². The summed E-state index contributed by atoms with van der Waals surface area (Å²) >= 11 is 0. The van der Waals surface area contributed by atoms with Crippen molar-refractivity contribution in [2.24, 2.45) is 0 Å². The molecule has 7 heteroatoms. The van der Waals surface area contributed by atoms with Crippen LogP contribution in [-0.4, -0.2) is 40.6 Å². The van der Waals surface area contributed by atoms with Crippen molar-refractivity contribution in [1.82, 2.24) is 4.31 Å². The molecule has 2 aromatic rings. The van der Waals surface area contributed by atoms with E-state index < -0.39 is 10.0 Å².